The maximum absolute atomic E-state index is 4.13. The van der Waals surface area contributed by atoms with Crippen molar-refractivity contribution in [3.63, 3.8) is 0 Å². The van der Waals surface area contributed by atoms with E-state index in [0.717, 1.165) is 25.9 Å². The van der Waals surface area contributed by atoms with Crippen molar-refractivity contribution in [2.45, 2.75) is 18.9 Å². The lowest BCUT2D eigenvalue weighted by molar-refractivity contribution is 0.230. The molecule has 4 heteroatoms. The average molecular weight is 165 g/mol. The normalized spacial score (nSPS) is 21.4. The van der Waals surface area contributed by atoms with Gasteiger partial charge in [-0.3, -0.25) is 7.05 Å². The Balaban J connectivity index is 1.99. The number of likely N-dealkylation sites (tertiary alicyclic amines) is 1. The van der Waals surface area contributed by atoms with Gasteiger partial charge in [0.2, 0.25) is 0 Å². The Morgan fingerprint density at radius 2 is 2.08 bits per heavy atom. The van der Waals surface area contributed by atoms with Crippen LogP contribution in [-0.4, -0.2) is 32.8 Å². The van der Waals surface area contributed by atoms with E-state index in [9.17, 15) is 0 Å². The molecule has 0 amide bonds. The van der Waals surface area contributed by atoms with E-state index in [0.29, 0.717) is 6.04 Å². The SMILES string of the molecule is [CH2-]N1CCC(n2cncn2)CC1. The Labute approximate surface area is 72.2 Å². The van der Waals surface area contributed by atoms with Crippen molar-refractivity contribution < 1.29 is 0 Å². The maximum Gasteiger partial charge on any atom is 0.137 e. The molecule has 0 aliphatic carbocycles. The van der Waals surface area contributed by atoms with Crippen molar-refractivity contribution in [3.05, 3.63) is 19.7 Å². The van der Waals surface area contributed by atoms with Crippen LogP contribution in [-0.2, 0) is 0 Å². The predicted molar refractivity (Wildman–Crippen MR) is 45.2 cm³/mol. The van der Waals surface area contributed by atoms with Gasteiger partial charge in [0.25, 0.3) is 0 Å². The summed E-state index contributed by atoms with van der Waals surface area (Å²) in [6.07, 6.45) is 5.65. The number of piperidine rings is 1. The first kappa shape index (κ1) is 7.73. The zero-order valence-corrected chi connectivity index (χ0v) is 7.06. The van der Waals surface area contributed by atoms with E-state index >= 15 is 0 Å². The quantitative estimate of drug-likeness (QED) is 0.575. The highest BCUT2D eigenvalue weighted by molar-refractivity contribution is 4.76. The number of aromatic nitrogens is 3. The molecule has 1 aromatic rings. The first-order valence-electron chi connectivity index (χ1n) is 4.26. The molecular weight excluding hydrogens is 152 g/mol. The molecular formula is C8H13N4-. The molecule has 1 saturated heterocycles. The summed E-state index contributed by atoms with van der Waals surface area (Å²) in [7, 11) is 3.90. The molecule has 2 heterocycles. The van der Waals surface area contributed by atoms with E-state index in [1.807, 2.05) is 4.68 Å². The smallest absolute Gasteiger partial charge is 0.137 e. The highest BCUT2D eigenvalue weighted by Crippen LogP contribution is 2.19. The van der Waals surface area contributed by atoms with Gasteiger partial charge in [0.1, 0.15) is 12.7 Å². The van der Waals surface area contributed by atoms with Gasteiger partial charge in [0.15, 0.2) is 0 Å². The molecule has 1 aliphatic heterocycles. The summed E-state index contributed by atoms with van der Waals surface area (Å²) in [6.45, 7) is 2.12. The Kier molecular flexibility index (Phi) is 2.08. The fraction of sp³-hybridized carbons (Fsp3) is 0.625. The van der Waals surface area contributed by atoms with E-state index in [-0.39, 0.29) is 0 Å². The number of hydrogen-bond donors (Lipinski definition) is 0. The molecule has 1 aromatic heterocycles. The third-order valence-corrected chi connectivity index (χ3v) is 2.37. The Morgan fingerprint density at radius 1 is 1.33 bits per heavy atom. The number of hydrogen-bond acceptors (Lipinski definition) is 3. The fourth-order valence-corrected chi connectivity index (χ4v) is 1.59. The third kappa shape index (κ3) is 1.48. The monoisotopic (exact) mass is 165 g/mol. The van der Waals surface area contributed by atoms with Crippen molar-refractivity contribution in [2.24, 2.45) is 0 Å². The number of nitrogens with zero attached hydrogens (tertiary/aromatic N) is 4. The minimum absolute atomic E-state index is 0.533. The summed E-state index contributed by atoms with van der Waals surface area (Å²) in [5.74, 6) is 0. The van der Waals surface area contributed by atoms with Gasteiger partial charge in [-0.25, -0.2) is 9.67 Å². The van der Waals surface area contributed by atoms with Gasteiger partial charge < -0.3 is 4.90 Å². The molecule has 66 valence electrons. The molecule has 2 rings (SSSR count). The lowest BCUT2D eigenvalue weighted by Crippen LogP contribution is -2.30. The van der Waals surface area contributed by atoms with E-state index < -0.39 is 0 Å². The fourth-order valence-electron chi connectivity index (χ4n) is 1.59. The van der Waals surface area contributed by atoms with Gasteiger partial charge in [-0.2, -0.15) is 5.10 Å². The van der Waals surface area contributed by atoms with Crippen LogP contribution in [0.1, 0.15) is 18.9 Å². The highest BCUT2D eigenvalue weighted by atomic mass is 15.3. The van der Waals surface area contributed by atoms with Crippen molar-refractivity contribution in [3.8, 4) is 0 Å². The summed E-state index contributed by atoms with van der Waals surface area (Å²) >= 11 is 0. The van der Waals surface area contributed by atoms with Crippen LogP contribution in [0.5, 0.6) is 0 Å². The molecule has 0 N–H and O–H groups in total. The van der Waals surface area contributed by atoms with Crippen molar-refractivity contribution in [1.82, 2.24) is 19.7 Å². The molecule has 4 nitrogen and oxygen atoms in total. The minimum atomic E-state index is 0.533. The summed E-state index contributed by atoms with van der Waals surface area (Å²) < 4.78 is 1.95. The van der Waals surface area contributed by atoms with Gasteiger partial charge in [0, 0.05) is 0 Å². The van der Waals surface area contributed by atoms with E-state index in [4.69, 9.17) is 0 Å². The van der Waals surface area contributed by atoms with Gasteiger partial charge in [-0.15, -0.1) is 0 Å². The van der Waals surface area contributed by atoms with E-state index in [1.54, 1.807) is 12.7 Å². The van der Waals surface area contributed by atoms with E-state index in [1.165, 1.54) is 0 Å². The lowest BCUT2D eigenvalue weighted by atomic mass is 10.1. The van der Waals surface area contributed by atoms with E-state index in [2.05, 4.69) is 22.0 Å². The molecule has 0 radical (unpaired) electrons. The molecule has 0 atom stereocenters. The van der Waals surface area contributed by atoms with Gasteiger partial charge in [-0.05, 0) is 25.9 Å². The van der Waals surface area contributed by atoms with Crippen LogP contribution in [0.2, 0.25) is 0 Å². The Hall–Kier alpha value is -0.900. The molecule has 0 saturated carbocycles. The first-order valence-corrected chi connectivity index (χ1v) is 4.26. The van der Waals surface area contributed by atoms with Crippen LogP contribution in [0, 0.1) is 7.05 Å². The highest BCUT2D eigenvalue weighted by Gasteiger charge is 2.15. The molecule has 0 spiro atoms. The first-order chi connectivity index (χ1) is 5.86. The summed E-state index contributed by atoms with van der Waals surface area (Å²) in [5.41, 5.74) is 0. The average Bonchev–Trinajstić information content (AvgIpc) is 2.58. The zero-order valence-electron chi connectivity index (χ0n) is 7.06. The second-order valence-electron chi connectivity index (χ2n) is 3.22. The van der Waals surface area contributed by atoms with Crippen molar-refractivity contribution in [1.29, 1.82) is 0 Å². The molecule has 1 aliphatic rings. The summed E-state index contributed by atoms with van der Waals surface area (Å²) in [4.78, 5) is 6.04. The molecule has 1 fully saturated rings. The predicted octanol–water partition coefficient (Wildman–Crippen LogP) is 0.707. The van der Waals surface area contributed by atoms with Crippen LogP contribution < -0.4 is 0 Å². The molecule has 0 aromatic carbocycles. The minimum Gasteiger partial charge on any atom is -0.459 e. The molecule has 0 unspecified atom stereocenters. The van der Waals surface area contributed by atoms with Crippen LogP contribution in [0.3, 0.4) is 0 Å². The van der Waals surface area contributed by atoms with Gasteiger partial charge in [0.05, 0.1) is 6.04 Å². The molecule has 0 bridgehead atoms. The van der Waals surface area contributed by atoms with Crippen LogP contribution >= 0.6 is 0 Å². The zero-order chi connectivity index (χ0) is 8.39. The van der Waals surface area contributed by atoms with Crippen LogP contribution in [0.4, 0.5) is 0 Å². The molecule has 12 heavy (non-hydrogen) atoms. The Morgan fingerprint density at radius 3 is 2.67 bits per heavy atom. The van der Waals surface area contributed by atoms with Crippen LogP contribution in [0.15, 0.2) is 12.7 Å². The standard InChI is InChI=1S/C8H13N4/c1-11-4-2-8(3-5-11)12-7-9-6-10-12/h6-8H,1-5H2/q-1. The van der Waals surface area contributed by atoms with Crippen molar-refractivity contribution >= 4 is 0 Å². The topological polar surface area (TPSA) is 34.0 Å². The summed E-state index contributed by atoms with van der Waals surface area (Å²) in [6, 6.07) is 0.533. The van der Waals surface area contributed by atoms with Gasteiger partial charge in [-0.1, -0.05) is 0 Å². The third-order valence-electron chi connectivity index (χ3n) is 2.37. The largest absolute Gasteiger partial charge is 0.459 e. The van der Waals surface area contributed by atoms with Crippen LogP contribution in [0.25, 0.3) is 0 Å². The second kappa shape index (κ2) is 3.23. The van der Waals surface area contributed by atoms with Gasteiger partial charge >= 0.3 is 0 Å². The van der Waals surface area contributed by atoms with Crippen molar-refractivity contribution in [2.75, 3.05) is 13.1 Å². The Bertz CT molecular complexity index is 223. The second-order valence-corrected chi connectivity index (χ2v) is 3.22. The lowest BCUT2D eigenvalue weighted by Gasteiger charge is -2.34. The summed E-state index contributed by atoms with van der Waals surface area (Å²) in [5, 5.41) is 4.13. The number of rotatable bonds is 1. The maximum atomic E-state index is 4.13.